The van der Waals surface area contributed by atoms with Gasteiger partial charge in [0, 0.05) is 6.07 Å². The number of carbonyl (C=O) groups excluding carboxylic acids is 3. The van der Waals surface area contributed by atoms with Crippen LogP contribution in [0.5, 0.6) is 0 Å². The monoisotopic (exact) mass is 487 g/mol. The number of nitrogens with zero attached hydrogens (tertiary/aromatic N) is 3. The molecule has 0 aromatic heterocycles. The van der Waals surface area contributed by atoms with Crippen molar-refractivity contribution in [1.82, 2.24) is 10.0 Å². The number of fused-ring (bicyclic) bond motifs is 5. The number of benzene rings is 2. The van der Waals surface area contributed by atoms with E-state index in [-0.39, 0.29) is 29.0 Å². The number of rotatable bonds is 5. The molecular weight excluding hydrogens is 469 g/mol. The van der Waals surface area contributed by atoms with Crippen molar-refractivity contribution in [3.63, 3.8) is 0 Å². The molecule has 1 saturated heterocycles. The van der Waals surface area contributed by atoms with Crippen molar-refractivity contribution in [3.05, 3.63) is 73.8 Å². The Kier molecular flexibility index (Phi) is 5.37. The normalized spacial score (nSPS) is 25.5. The first-order chi connectivity index (χ1) is 15.8. The van der Waals surface area contributed by atoms with Gasteiger partial charge in [-0.15, -0.1) is 0 Å². The van der Waals surface area contributed by atoms with Crippen LogP contribution in [0.15, 0.2) is 42.5 Å². The number of para-hydroxylation sites is 1. The zero-order valence-electron chi connectivity index (χ0n) is 17.3. The van der Waals surface area contributed by atoms with Gasteiger partial charge >= 0.3 is 0 Å². The zero-order chi connectivity index (χ0) is 23.4. The molecule has 4 atom stereocenters. The summed E-state index contributed by atoms with van der Waals surface area (Å²) in [7, 11) is 0. The summed E-state index contributed by atoms with van der Waals surface area (Å²) in [6.07, 6.45) is 2.64. The summed E-state index contributed by atoms with van der Waals surface area (Å²) in [6, 6.07) is 10.2. The summed E-state index contributed by atoms with van der Waals surface area (Å²) in [6.45, 7) is -0.173. The molecule has 1 aliphatic heterocycles. The molecule has 0 unspecified atom stereocenters. The van der Waals surface area contributed by atoms with E-state index in [0.717, 1.165) is 29.3 Å². The van der Waals surface area contributed by atoms with Crippen LogP contribution < -0.4 is 0 Å². The number of hydrogen-bond donors (Lipinski definition) is 0. The maximum atomic E-state index is 13.6. The molecule has 0 N–H and O–H groups in total. The summed E-state index contributed by atoms with van der Waals surface area (Å²) in [5.41, 5.74) is -0.0823. The number of imide groups is 1. The summed E-state index contributed by atoms with van der Waals surface area (Å²) in [4.78, 5) is 51.4. The average Bonchev–Trinajstić information content (AvgIpc) is 3.48. The molecule has 3 fully saturated rings. The third-order valence-corrected chi connectivity index (χ3v) is 7.77. The molecule has 2 aromatic rings. The van der Waals surface area contributed by atoms with E-state index in [1.54, 1.807) is 18.2 Å². The van der Waals surface area contributed by atoms with Crippen LogP contribution in [-0.2, 0) is 16.1 Å². The Morgan fingerprint density at radius 3 is 2.27 bits per heavy atom. The summed E-state index contributed by atoms with van der Waals surface area (Å²) in [5, 5.41) is 14.1. The number of hydrazine groups is 1. The summed E-state index contributed by atoms with van der Waals surface area (Å²) >= 11 is 12.1. The minimum Gasteiger partial charge on any atom is -0.272 e. The average molecular weight is 488 g/mol. The first-order valence-corrected chi connectivity index (χ1v) is 11.4. The molecule has 2 aliphatic carbocycles. The van der Waals surface area contributed by atoms with Gasteiger partial charge in [0.25, 0.3) is 23.4 Å². The van der Waals surface area contributed by atoms with E-state index in [2.05, 4.69) is 0 Å². The second kappa shape index (κ2) is 8.11. The number of amides is 3. The molecule has 170 valence electrons. The van der Waals surface area contributed by atoms with Gasteiger partial charge in [-0.05, 0) is 54.9 Å². The molecule has 8 nitrogen and oxygen atoms in total. The maximum absolute atomic E-state index is 13.6. The lowest BCUT2D eigenvalue weighted by Crippen LogP contribution is -2.50. The molecule has 5 rings (SSSR count). The van der Waals surface area contributed by atoms with Gasteiger partial charge in [-0.25, -0.2) is 5.01 Å². The number of hydrogen-bond acceptors (Lipinski definition) is 5. The molecule has 2 aromatic carbocycles. The van der Waals surface area contributed by atoms with Crippen molar-refractivity contribution in [3.8, 4) is 0 Å². The summed E-state index contributed by atoms with van der Waals surface area (Å²) < 4.78 is 0. The highest BCUT2D eigenvalue weighted by Crippen LogP contribution is 2.56. The van der Waals surface area contributed by atoms with Crippen LogP contribution >= 0.6 is 23.2 Å². The number of halogens is 2. The van der Waals surface area contributed by atoms with Gasteiger partial charge in [0.2, 0.25) is 0 Å². The zero-order valence-corrected chi connectivity index (χ0v) is 18.8. The Morgan fingerprint density at radius 2 is 1.67 bits per heavy atom. The van der Waals surface area contributed by atoms with Crippen LogP contribution in [0.2, 0.25) is 10.0 Å². The fourth-order valence-electron chi connectivity index (χ4n) is 5.63. The quantitative estimate of drug-likeness (QED) is 0.351. The van der Waals surface area contributed by atoms with E-state index in [9.17, 15) is 24.5 Å². The van der Waals surface area contributed by atoms with Gasteiger partial charge in [0.1, 0.15) is 5.56 Å². The van der Waals surface area contributed by atoms with Crippen molar-refractivity contribution < 1.29 is 19.3 Å². The smallest absolute Gasteiger partial charge is 0.272 e. The molecule has 0 spiro atoms. The number of nitro benzene ring substituents is 1. The van der Waals surface area contributed by atoms with Crippen LogP contribution in [-0.4, -0.2) is 32.7 Å². The third-order valence-electron chi connectivity index (χ3n) is 7.03. The number of carbonyl (C=O) groups is 3. The Labute approximate surface area is 199 Å². The maximum Gasteiger partial charge on any atom is 0.282 e. The SMILES string of the molecule is O=C(c1ccccc1[N+](=O)[O-])N(Cc1ccc(Cl)c(Cl)c1)N1C(=O)[C@@H]2[C@H]3CC[C@@H](C3)[C@@H]2C1=O. The lowest BCUT2D eigenvalue weighted by molar-refractivity contribution is -0.385. The van der Waals surface area contributed by atoms with Gasteiger partial charge < -0.3 is 0 Å². The molecule has 2 saturated carbocycles. The predicted molar refractivity (Wildman–Crippen MR) is 119 cm³/mol. The second-order valence-electron chi connectivity index (χ2n) is 8.76. The predicted octanol–water partition coefficient (Wildman–Crippen LogP) is 4.49. The molecule has 0 radical (unpaired) electrons. The van der Waals surface area contributed by atoms with Gasteiger partial charge in [-0.1, -0.05) is 41.4 Å². The van der Waals surface area contributed by atoms with Crippen molar-refractivity contribution in [2.75, 3.05) is 0 Å². The molecule has 2 bridgehead atoms. The van der Waals surface area contributed by atoms with Crippen LogP contribution in [0.4, 0.5) is 5.69 Å². The van der Waals surface area contributed by atoms with Crippen molar-refractivity contribution >= 4 is 46.6 Å². The van der Waals surface area contributed by atoms with Crippen LogP contribution in [0.3, 0.4) is 0 Å². The van der Waals surface area contributed by atoms with Gasteiger partial charge in [-0.3, -0.25) is 24.5 Å². The standard InChI is InChI=1S/C23H19Cl2N3O5/c24-16-8-5-12(9-17(16)25)11-26(21(29)15-3-1-2-4-18(15)28(32)33)27-22(30)19-13-6-7-14(10-13)20(19)23(27)31/h1-5,8-9,13-14,19-20H,6-7,10-11H2/t13-,14-,19-,20+/m0/s1. The van der Waals surface area contributed by atoms with E-state index >= 15 is 0 Å². The minimum atomic E-state index is -0.803. The minimum absolute atomic E-state index is 0.134. The highest BCUT2D eigenvalue weighted by atomic mass is 35.5. The van der Waals surface area contributed by atoms with Gasteiger partial charge in [-0.2, -0.15) is 5.01 Å². The van der Waals surface area contributed by atoms with E-state index in [1.807, 2.05) is 0 Å². The Bertz CT molecular complexity index is 1170. The van der Waals surface area contributed by atoms with Crippen molar-refractivity contribution in [2.45, 2.75) is 25.8 Å². The van der Waals surface area contributed by atoms with E-state index in [1.165, 1.54) is 24.3 Å². The molecule has 3 aliphatic rings. The fourth-order valence-corrected chi connectivity index (χ4v) is 5.95. The highest BCUT2D eigenvalue weighted by molar-refractivity contribution is 6.42. The lowest BCUT2D eigenvalue weighted by Gasteiger charge is -2.31. The summed E-state index contributed by atoms with van der Waals surface area (Å²) in [5.74, 6) is -2.24. The Balaban J connectivity index is 1.57. The first kappa shape index (κ1) is 21.9. The Hall–Kier alpha value is -2.97. The first-order valence-electron chi connectivity index (χ1n) is 10.6. The molecular formula is C23H19Cl2N3O5. The van der Waals surface area contributed by atoms with Gasteiger partial charge in [0.05, 0.1) is 33.3 Å². The van der Waals surface area contributed by atoms with Crippen LogP contribution in [0.25, 0.3) is 0 Å². The molecule has 1 heterocycles. The van der Waals surface area contributed by atoms with Crippen LogP contribution in [0.1, 0.15) is 35.2 Å². The van der Waals surface area contributed by atoms with Crippen molar-refractivity contribution in [1.29, 1.82) is 0 Å². The van der Waals surface area contributed by atoms with E-state index in [0.29, 0.717) is 10.6 Å². The Morgan fingerprint density at radius 1 is 1.03 bits per heavy atom. The lowest BCUT2D eigenvalue weighted by atomic mass is 9.81. The molecule has 3 amide bonds. The third kappa shape index (κ3) is 3.48. The molecule has 33 heavy (non-hydrogen) atoms. The fraction of sp³-hybridized carbons (Fsp3) is 0.348. The molecule has 10 heteroatoms. The van der Waals surface area contributed by atoms with E-state index in [4.69, 9.17) is 23.2 Å². The van der Waals surface area contributed by atoms with Gasteiger partial charge in [0.15, 0.2) is 0 Å². The van der Waals surface area contributed by atoms with E-state index < -0.39 is 40.2 Å². The second-order valence-corrected chi connectivity index (χ2v) is 9.57. The number of nitro groups is 1. The topological polar surface area (TPSA) is 101 Å². The highest BCUT2D eigenvalue weighted by Gasteiger charge is 2.62. The van der Waals surface area contributed by atoms with Crippen LogP contribution in [0, 0.1) is 33.8 Å². The largest absolute Gasteiger partial charge is 0.282 e. The van der Waals surface area contributed by atoms with Crippen molar-refractivity contribution in [2.24, 2.45) is 23.7 Å².